The van der Waals surface area contributed by atoms with Gasteiger partial charge in [-0.25, -0.2) is 0 Å². The molecule has 0 fully saturated rings. The van der Waals surface area contributed by atoms with E-state index >= 15 is 0 Å². The summed E-state index contributed by atoms with van der Waals surface area (Å²) in [7, 11) is 0. The van der Waals surface area contributed by atoms with Crippen molar-refractivity contribution in [2.75, 3.05) is 45.9 Å². The van der Waals surface area contributed by atoms with Crippen LogP contribution >= 0.6 is 0 Å². The van der Waals surface area contributed by atoms with E-state index in [2.05, 4.69) is 31.0 Å². The van der Waals surface area contributed by atoms with Crippen LogP contribution in [-0.2, 0) is 4.74 Å². The third kappa shape index (κ3) is 12.1. The second kappa shape index (κ2) is 13.9. The Morgan fingerprint density at radius 2 is 1.53 bits per heavy atom. The van der Waals surface area contributed by atoms with E-state index in [-0.39, 0.29) is 0 Å². The van der Waals surface area contributed by atoms with Crippen LogP contribution in [0.3, 0.4) is 0 Å². The Morgan fingerprint density at radius 1 is 0.824 bits per heavy atom. The van der Waals surface area contributed by atoms with E-state index < -0.39 is 0 Å². The molecule has 0 unspecified atom stereocenters. The van der Waals surface area contributed by atoms with E-state index in [4.69, 9.17) is 4.74 Å². The average Bonchev–Trinajstić information content (AvgIpc) is 2.33. The van der Waals surface area contributed by atoms with Crippen LogP contribution < -0.4 is 5.32 Å². The minimum Gasteiger partial charge on any atom is -0.380 e. The first kappa shape index (κ1) is 16.9. The van der Waals surface area contributed by atoms with Crippen LogP contribution in [0.25, 0.3) is 0 Å². The molecule has 0 aliphatic heterocycles. The van der Waals surface area contributed by atoms with Crippen molar-refractivity contribution in [2.45, 2.75) is 46.5 Å². The molecule has 0 aromatic carbocycles. The second-order valence-electron chi connectivity index (χ2n) is 4.56. The van der Waals surface area contributed by atoms with Crippen molar-refractivity contribution in [3.8, 4) is 0 Å². The zero-order valence-electron chi connectivity index (χ0n) is 12.1. The lowest BCUT2D eigenvalue weighted by atomic mass is 10.3. The fraction of sp³-hybridized carbons (Fsp3) is 1.00. The molecule has 0 aromatic heterocycles. The molecule has 0 rings (SSSR count). The first-order valence-electron chi connectivity index (χ1n) is 7.35. The number of nitrogens with one attached hydrogen (secondary N) is 1. The summed E-state index contributed by atoms with van der Waals surface area (Å²) >= 11 is 0. The van der Waals surface area contributed by atoms with Gasteiger partial charge in [0.25, 0.3) is 0 Å². The first-order chi connectivity index (χ1) is 8.35. The van der Waals surface area contributed by atoms with Gasteiger partial charge in [-0.2, -0.15) is 0 Å². The Hall–Kier alpha value is -0.120. The molecule has 0 saturated heterocycles. The van der Waals surface area contributed by atoms with E-state index in [1.807, 2.05) is 0 Å². The maximum absolute atomic E-state index is 5.50. The summed E-state index contributed by atoms with van der Waals surface area (Å²) in [5.74, 6) is 0. The first-order valence-corrected chi connectivity index (χ1v) is 7.35. The van der Waals surface area contributed by atoms with Gasteiger partial charge in [0.2, 0.25) is 0 Å². The Balaban J connectivity index is 3.23. The van der Waals surface area contributed by atoms with Crippen molar-refractivity contribution in [2.24, 2.45) is 0 Å². The van der Waals surface area contributed by atoms with Crippen molar-refractivity contribution in [1.82, 2.24) is 10.2 Å². The maximum Gasteiger partial charge on any atom is 0.0590 e. The Kier molecular flexibility index (Phi) is 13.8. The van der Waals surface area contributed by atoms with Crippen LogP contribution in [0.15, 0.2) is 0 Å². The van der Waals surface area contributed by atoms with Crippen LogP contribution in [0.2, 0.25) is 0 Å². The molecule has 0 amide bonds. The quantitative estimate of drug-likeness (QED) is 0.504. The number of unbranched alkanes of at least 4 members (excludes halogenated alkanes) is 1. The van der Waals surface area contributed by atoms with Crippen LogP contribution in [0.1, 0.15) is 46.5 Å². The van der Waals surface area contributed by atoms with E-state index in [0.717, 1.165) is 32.8 Å². The maximum atomic E-state index is 5.50. The summed E-state index contributed by atoms with van der Waals surface area (Å²) in [6.07, 6.45) is 4.90. The lowest BCUT2D eigenvalue weighted by Gasteiger charge is -2.20. The zero-order valence-corrected chi connectivity index (χ0v) is 12.1. The lowest BCUT2D eigenvalue weighted by molar-refractivity contribution is 0.132. The van der Waals surface area contributed by atoms with Gasteiger partial charge in [-0.05, 0) is 32.4 Å². The van der Waals surface area contributed by atoms with Gasteiger partial charge >= 0.3 is 0 Å². The number of rotatable bonds is 13. The highest BCUT2D eigenvalue weighted by Crippen LogP contribution is 1.92. The number of ether oxygens (including phenoxy) is 1. The minimum atomic E-state index is 0.849. The average molecular weight is 244 g/mol. The summed E-state index contributed by atoms with van der Waals surface area (Å²) in [4.78, 5) is 2.53. The predicted molar refractivity (Wildman–Crippen MR) is 75.6 cm³/mol. The lowest BCUT2D eigenvalue weighted by Crippen LogP contribution is -2.34. The van der Waals surface area contributed by atoms with Crippen LogP contribution in [0, 0.1) is 0 Å². The van der Waals surface area contributed by atoms with Gasteiger partial charge in [-0.3, -0.25) is 0 Å². The second-order valence-corrected chi connectivity index (χ2v) is 4.56. The molecule has 104 valence electrons. The van der Waals surface area contributed by atoms with Gasteiger partial charge in [0.15, 0.2) is 0 Å². The monoisotopic (exact) mass is 244 g/mol. The van der Waals surface area contributed by atoms with E-state index in [9.17, 15) is 0 Å². The van der Waals surface area contributed by atoms with E-state index in [0.29, 0.717) is 0 Å². The van der Waals surface area contributed by atoms with Crippen LogP contribution in [0.4, 0.5) is 0 Å². The van der Waals surface area contributed by atoms with Crippen molar-refractivity contribution >= 4 is 0 Å². The van der Waals surface area contributed by atoms with Crippen LogP contribution in [0.5, 0.6) is 0 Å². The minimum absolute atomic E-state index is 0.849. The summed E-state index contributed by atoms with van der Waals surface area (Å²) in [6, 6.07) is 0. The van der Waals surface area contributed by atoms with Gasteiger partial charge in [-0.1, -0.05) is 27.2 Å². The molecule has 0 bridgehead atoms. The van der Waals surface area contributed by atoms with Crippen molar-refractivity contribution in [3.63, 3.8) is 0 Å². The number of hydrogen-bond donors (Lipinski definition) is 1. The van der Waals surface area contributed by atoms with Gasteiger partial charge in [0.1, 0.15) is 0 Å². The van der Waals surface area contributed by atoms with Crippen molar-refractivity contribution < 1.29 is 4.74 Å². The molecule has 0 heterocycles. The number of nitrogens with zero attached hydrogens (tertiary/aromatic N) is 1. The van der Waals surface area contributed by atoms with Gasteiger partial charge in [-0.15, -0.1) is 0 Å². The summed E-state index contributed by atoms with van der Waals surface area (Å²) in [6.45, 7) is 14.1. The highest BCUT2D eigenvalue weighted by atomic mass is 16.5. The Bertz CT molecular complexity index is 136. The Morgan fingerprint density at radius 3 is 2.12 bits per heavy atom. The summed E-state index contributed by atoms with van der Waals surface area (Å²) < 4.78 is 5.50. The van der Waals surface area contributed by atoms with Gasteiger partial charge in [0.05, 0.1) is 6.61 Å². The smallest absolute Gasteiger partial charge is 0.0590 e. The third-order valence-corrected chi connectivity index (χ3v) is 2.75. The van der Waals surface area contributed by atoms with Gasteiger partial charge in [0, 0.05) is 26.2 Å². The molecule has 0 atom stereocenters. The molecular formula is C14H32N2O. The highest BCUT2D eigenvalue weighted by Gasteiger charge is 2.00. The molecule has 0 aromatic rings. The largest absolute Gasteiger partial charge is 0.380 e. The number of hydrogen-bond acceptors (Lipinski definition) is 3. The Labute approximate surface area is 108 Å². The molecule has 3 heteroatoms. The standard InChI is InChI=1S/C14H32N2O/c1-4-7-13-17-14-9-15-8-12-16(10-5-2)11-6-3/h15H,4-14H2,1-3H3. The predicted octanol–water partition coefficient (Wildman–Crippen LogP) is 2.51. The van der Waals surface area contributed by atoms with Crippen molar-refractivity contribution in [3.05, 3.63) is 0 Å². The fourth-order valence-corrected chi connectivity index (χ4v) is 1.82. The molecule has 1 N–H and O–H groups in total. The molecule has 17 heavy (non-hydrogen) atoms. The van der Waals surface area contributed by atoms with Gasteiger partial charge < -0.3 is 15.0 Å². The normalized spacial score (nSPS) is 11.3. The molecular weight excluding hydrogens is 212 g/mol. The van der Waals surface area contributed by atoms with Crippen LogP contribution in [-0.4, -0.2) is 50.8 Å². The topological polar surface area (TPSA) is 24.5 Å². The summed E-state index contributed by atoms with van der Waals surface area (Å²) in [5, 5.41) is 3.44. The molecule has 0 saturated carbocycles. The molecule has 0 radical (unpaired) electrons. The molecule has 3 nitrogen and oxygen atoms in total. The summed E-state index contributed by atoms with van der Waals surface area (Å²) in [5.41, 5.74) is 0. The van der Waals surface area contributed by atoms with Crippen molar-refractivity contribution in [1.29, 1.82) is 0 Å². The SMILES string of the molecule is CCCCOCCNCCN(CCC)CCC. The fourth-order valence-electron chi connectivity index (χ4n) is 1.82. The molecule has 0 aliphatic rings. The highest BCUT2D eigenvalue weighted by molar-refractivity contribution is 4.58. The molecule has 0 aliphatic carbocycles. The third-order valence-electron chi connectivity index (χ3n) is 2.75. The van der Waals surface area contributed by atoms with E-state index in [1.165, 1.54) is 38.8 Å². The van der Waals surface area contributed by atoms with E-state index in [1.54, 1.807) is 0 Å². The zero-order chi connectivity index (χ0) is 12.8. The molecule has 0 spiro atoms.